The van der Waals surface area contributed by atoms with Crippen LogP contribution in [-0.4, -0.2) is 16.4 Å². The molecule has 0 aliphatic carbocycles. The van der Waals surface area contributed by atoms with Gasteiger partial charge in [0, 0.05) is 23.6 Å². The molecule has 2 rings (SSSR count). The van der Waals surface area contributed by atoms with Gasteiger partial charge in [0.15, 0.2) is 5.96 Å². The van der Waals surface area contributed by atoms with Crippen LogP contribution in [0.1, 0.15) is 10.4 Å². The van der Waals surface area contributed by atoms with Crippen molar-refractivity contribution in [3.63, 3.8) is 0 Å². The molecule has 1 aromatic carbocycles. The van der Waals surface area contributed by atoms with E-state index in [0.29, 0.717) is 5.56 Å². The van der Waals surface area contributed by atoms with Gasteiger partial charge in [-0.2, -0.15) is 4.99 Å². The molecular weight excluding hydrogens is 252 g/mol. The van der Waals surface area contributed by atoms with Crippen molar-refractivity contribution in [2.24, 2.45) is 16.5 Å². The summed E-state index contributed by atoms with van der Waals surface area (Å²) in [7, 11) is 0. The highest BCUT2D eigenvalue weighted by molar-refractivity contribution is 6.02. The fourth-order valence-electron chi connectivity index (χ4n) is 1.49. The first kappa shape index (κ1) is 13.8. The standard InChI is InChI=1S/C12H12N4O.ClH/c13-12(14)15-11(17)9-4-3-5-10(8-9)16-6-1-2-7-16;/h1-8H,(H4,13,14,15,17);1H. The molecule has 94 valence electrons. The number of benzene rings is 1. The number of amides is 1. The molecule has 4 N–H and O–H groups in total. The van der Waals surface area contributed by atoms with Crippen molar-refractivity contribution < 1.29 is 4.79 Å². The number of hydrogen-bond acceptors (Lipinski definition) is 1. The van der Waals surface area contributed by atoms with Crippen LogP contribution in [0.15, 0.2) is 53.8 Å². The topological polar surface area (TPSA) is 86.4 Å². The van der Waals surface area contributed by atoms with E-state index < -0.39 is 5.91 Å². The summed E-state index contributed by atoms with van der Waals surface area (Å²) in [6, 6.07) is 10.9. The molecule has 0 spiro atoms. The van der Waals surface area contributed by atoms with Crippen molar-refractivity contribution in [2.45, 2.75) is 0 Å². The summed E-state index contributed by atoms with van der Waals surface area (Å²) in [6.45, 7) is 0. The number of nitrogens with zero attached hydrogens (tertiary/aromatic N) is 2. The van der Waals surface area contributed by atoms with E-state index in [2.05, 4.69) is 4.99 Å². The second-order valence-electron chi connectivity index (χ2n) is 3.48. The van der Waals surface area contributed by atoms with Crippen LogP contribution in [0.2, 0.25) is 0 Å². The highest BCUT2D eigenvalue weighted by Crippen LogP contribution is 2.11. The Kier molecular flexibility index (Phi) is 4.51. The number of nitrogens with two attached hydrogens (primary N) is 2. The van der Waals surface area contributed by atoms with Crippen LogP contribution in [-0.2, 0) is 0 Å². The molecular formula is C12H13ClN4O. The zero-order valence-corrected chi connectivity index (χ0v) is 10.3. The summed E-state index contributed by atoms with van der Waals surface area (Å²) < 4.78 is 1.90. The van der Waals surface area contributed by atoms with Crippen molar-refractivity contribution in [1.29, 1.82) is 0 Å². The third-order valence-electron chi connectivity index (χ3n) is 2.23. The average Bonchev–Trinajstić information content (AvgIpc) is 2.82. The van der Waals surface area contributed by atoms with E-state index in [-0.39, 0.29) is 18.4 Å². The molecule has 1 aromatic heterocycles. The maximum atomic E-state index is 11.6. The SMILES string of the molecule is Cl.NC(N)=NC(=O)c1cccc(-n2cccc2)c1. The quantitative estimate of drug-likeness (QED) is 0.633. The van der Waals surface area contributed by atoms with Gasteiger partial charge in [-0.15, -0.1) is 12.4 Å². The molecule has 2 aromatic rings. The molecule has 1 heterocycles. The third-order valence-corrected chi connectivity index (χ3v) is 2.23. The summed E-state index contributed by atoms with van der Waals surface area (Å²) in [5, 5.41) is 0. The van der Waals surface area contributed by atoms with Gasteiger partial charge in [0.1, 0.15) is 0 Å². The average molecular weight is 265 g/mol. The molecule has 0 unspecified atom stereocenters. The molecule has 1 amide bonds. The minimum absolute atomic E-state index is 0. The molecule has 0 radical (unpaired) electrons. The lowest BCUT2D eigenvalue weighted by molar-refractivity contribution is 0.100. The number of rotatable bonds is 2. The summed E-state index contributed by atoms with van der Waals surface area (Å²) in [4.78, 5) is 15.1. The van der Waals surface area contributed by atoms with Crippen LogP contribution < -0.4 is 11.5 Å². The van der Waals surface area contributed by atoms with Crippen molar-refractivity contribution in [2.75, 3.05) is 0 Å². The Hall–Kier alpha value is -2.27. The zero-order chi connectivity index (χ0) is 12.3. The number of carbonyl (C=O) groups excluding carboxylic acids is 1. The van der Waals surface area contributed by atoms with E-state index in [1.165, 1.54) is 0 Å². The molecule has 0 bridgehead atoms. The number of hydrogen-bond donors (Lipinski definition) is 2. The summed E-state index contributed by atoms with van der Waals surface area (Å²) in [5.41, 5.74) is 11.7. The van der Waals surface area contributed by atoms with Gasteiger partial charge in [-0.25, -0.2) is 0 Å². The number of carbonyl (C=O) groups is 1. The maximum absolute atomic E-state index is 11.6. The zero-order valence-electron chi connectivity index (χ0n) is 9.48. The van der Waals surface area contributed by atoms with Crippen LogP contribution in [0, 0.1) is 0 Å². The Morgan fingerprint density at radius 1 is 1.11 bits per heavy atom. The Labute approximate surface area is 111 Å². The molecule has 0 aliphatic rings. The molecule has 18 heavy (non-hydrogen) atoms. The molecule has 0 saturated carbocycles. The lowest BCUT2D eigenvalue weighted by Crippen LogP contribution is -2.24. The van der Waals surface area contributed by atoms with Crippen LogP contribution >= 0.6 is 12.4 Å². The lowest BCUT2D eigenvalue weighted by atomic mass is 10.2. The van der Waals surface area contributed by atoms with Gasteiger partial charge in [-0.1, -0.05) is 6.07 Å². The number of aromatic nitrogens is 1. The van der Waals surface area contributed by atoms with E-state index in [9.17, 15) is 4.79 Å². The fourth-order valence-corrected chi connectivity index (χ4v) is 1.49. The van der Waals surface area contributed by atoms with Crippen LogP contribution in [0.25, 0.3) is 5.69 Å². The van der Waals surface area contributed by atoms with Gasteiger partial charge < -0.3 is 16.0 Å². The van der Waals surface area contributed by atoms with E-state index >= 15 is 0 Å². The fraction of sp³-hybridized carbons (Fsp3) is 0. The first-order chi connectivity index (χ1) is 8.16. The Bertz CT molecular complexity index is 559. The van der Waals surface area contributed by atoms with Crippen LogP contribution in [0.4, 0.5) is 0 Å². The van der Waals surface area contributed by atoms with Gasteiger partial charge in [-0.05, 0) is 30.3 Å². The first-order valence-electron chi connectivity index (χ1n) is 5.04. The first-order valence-corrected chi connectivity index (χ1v) is 5.04. The lowest BCUT2D eigenvalue weighted by Gasteiger charge is -2.04. The van der Waals surface area contributed by atoms with Crippen LogP contribution in [0.5, 0.6) is 0 Å². The smallest absolute Gasteiger partial charge is 0.280 e. The van der Waals surface area contributed by atoms with Gasteiger partial charge in [-0.3, -0.25) is 4.79 Å². The second-order valence-corrected chi connectivity index (χ2v) is 3.48. The number of aliphatic imine (C=N–C) groups is 1. The monoisotopic (exact) mass is 264 g/mol. The molecule has 6 heteroatoms. The minimum atomic E-state index is -0.445. The Morgan fingerprint density at radius 2 is 1.78 bits per heavy atom. The normalized spacial score (nSPS) is 9.33. The van der Waals surface area contributed by atoms with Crippen molar-refractivity contribution >= 4 is 24.3 Å². The summed E-state index contributed by atoms with van der Waals surface area (Å²) in [6.07, 6.45) is 3.79. The summed E-state index contributed by atoms with van der Waals surface area (Å²) >= 11 is 0. The van der Waals surface area contributed by atoms with E-state index in [1.54, 1.807) is 18.2 Å². The maximum Gasteiger partial charge on any atom is 0.280 e. The Morgan fingerprint density at radius 3 is 2.39 bits per heavy atom. The second kappa shape index (κ2) is 5.88. The Balaban J connectivity index is 0.00000162. The highest BCUT2D eigenvalue weighted by Gasteiger charge is 2.05. The van der Waals surface area contributed by atoms with E-state index in [0.717, 1.165) is 5.69 Å². The predicted octanol–water partition coefficient (Wildman–Crippen LogP) is 1.31. The number of guanidine groups is 1. The van der Waals surface area contributed by atoms with Crippen molar-refractivity contribution in [1.82, 2.24) is 4.57 Å². The third kappa shape index (κ3) is 3.11. The van der Waals surface area contributed by atoms with E-state index in [4.69, 9.17) is 11.5 Å². The minimum Gasteiger partial charge on any atom is -0.370 e. The molecule has 0 atom stereocenters. The predicted molar refractivity (Wildman–Crippen MR) is 73.2 cm³/mol. The largest absolute Gasteiger partial charge is 0.370 e. The van der Waals surface area contributed by atoms with Gasteiger partial charge in [0.25, 0.3) is 5.91 Å². The molecule has 0 aliphatic heterocycles. The molecule has 0 fully saturated rings. The van der Waals surface area contributed by atoms with Crippen molar-refractivity contribution in [3.05, 3.63) is 54.4 Å². The molecule has 0 saturated heterocycles. The van der Waals surface area contributed by atoms with Crippen LogP contribution in [0.3, 0.4) is 0 Å². The van der Waals surface area contributed by atoms with Crippen molar-refractivity contribution in [3.8, 4) is 5.69 Å². The van der Waals surface area contributed by atoms with Gasteiger partial charge in [0.2, 0.25) is 0 Å². The summed E-state index contributed by atoms with van der Waals surface area (Å²) in [5.74, 6) is -0.680. The molecule has 5 nitrogen and oxygen atoms in total. The highest BCUT2D eigenvalue weighted by atomic mass is 35.5. The van der Waals surface area contributed by atoms with Gasteiger partial charge >= 0.3 is 0 Å². The number of halogens is 1. The van der Waals surface area contributed by atoms with E-state index in [1.807, 2.05) is 35.2 Å². The van der Waals surface area contributed by atoms with Gasteiger partial charge in [0.05, 0.1) is 0 Å².